The summed E-state index contributed by atoms with van der Waals surface area (Å²) in [5.41, 5.74) is 7.58. The van der Waals surface area contributed by atoms with Gasteiger partial charge in [-0.2, -0.15) is 0 Å². The van der Waals surface area contributed by atoms with E-state index in [0.717, 1.165) is 12.4 Å². The van der Waals surface area contributed by atoms with Gasteiger partial charge in [-0.1, -0.05) is 11.6 Å². The van der Waals surface area contributed by atoms with E-state index in [1.807, 2.05) is 12.1 Å². The molecule has 0 spiro atoms. The fourth-order valence-electron chi connectivity index (χ4n) is 1.80. The van der Waals surface area contributed by atoms with Gasteiger partial charge in [-0.05, 0) is 37.5 Å². The molecule has 88 valence electrons. The van der Waals surface area contributed by atoms with Crippen LogP contribution in [0.25, 0.3) is 0 Å². The molecule has 2 nitrogen and oxygen atoms in total. The molecule has 1 atom stereocenters. The lowest BCUT2D eigenvalue weighted by Gasteiger charge is -2.11. The average molecular weight is 258 g/mol. The zero-order valence-electron chi connectivity index (χ0n) is 9.33. The van der Waals surface area contributed by atoms with Crippen LogP contribution in [0.1, 0.15) is 18.4 Å². The maximum atomic E-state index is 6.01. The van der Waals surface area contributed by atoms with Crippen LogP contribution in [0.2, 0.25) is 5.02 Å². The Bertz CT molecular complexity index is 378. The summed E-state index contributed by atoms with van der Waals surface area (Å²) in [6.45, 7) is 2.97. The van der Waals surface area contributed by atoms with E-state index in [0.29, 0.717) is 16.8 Å². The molecule has 0 bridgehead atoms. The van der Waals surface area contributed by atoms with Crippen LogP contribution in [0.5, 0.6) is 0 Å². The highest BCUT2D eigenvalue weighted by molar-refractivity contribution is 7.99. The molecule has 16 heavy (non-hydrogen) atoms. The highest BCUT2D eigenvalue weighted by atomic mass is 35.5. The van der Waals surface area contributed by atoms with Crippen molar-refractivity contribution in [1.82, 2.24) is 0 Å². The van der Waals surface area contributed by atoms with Crippen molar-refractivity contribution >= 4 is 29.1 Å². The van der Waals surface area contributed by atoms with E-state index in [1.165, 1.54) is 23.3 Å². The molecule has 1 saturated heterocycles. The third-order valence-electron chi connectivity index (χ3n) is 2.74. The van der Waals surface area contributed by atoms with Crippen LogP contribution in [0.3, 0.4) is 0 Å². The molecule has 0 amide bonds. The maximum Gasteiger partial charge on any atom is 0.0669 e. The summed E-state index contributed by atoms with van der Waals surface area (Å²) in [5.74, 6) is 1.00. The molecule has 1 aromatic carbocycles. The Morgan fingerprint density at radius 3 is 3.06 bits per heavy atom. The molecule has 1 aliphatic heterocycles. The molecule has 0 aliphatic carbocycles. The topological polar surface area (TPSA) is 35.2 Å². The van der Waals surface area contributed by atoms with Crippen molar-refractivity contribution in [2.45, 2.75) is 30.8 Å². The second-order valence-corrected chi connectivity index (χ2v) is 5.55. The van der Waals surface area contributed by atoms with Crippen LogP contribution in [0, 0.1) is 6.92 Å². The third-order valence-corrected chi connectivity index (χ3v) is 4.36. The summed E-state index contributed by atoms with van der Waals surface area (Å²) in [5, 5.41) is 0.639. The van der Waals surface area contributed by atoms with Crippen LogP contribution >= 0.6 is 23.4 Å². The smallest absolute Gasteiger partial charge is 0.0669 e. The van der Waals surface area contributed by atoms with Crippen molar-refractivity contribution in [3.05, 3.63) is 22.7 Å². The minimum atomic E-state index is 0.403. The van der Waals surface area contributed by atoms with E-state index in [9.17, 15) is 0 Å². The number of anilines is 1. The van der Waals surface area contributed by atoms with Crippen LogP contribution in [0.4, 0.5) is 5.69 Å². The lowest BCUT2D eigenvalue weighted by atomic mass is 10.2. The Kier molecular flexibility index (Phi) is 4.00. The summed E-state index contributed by atoms with van der Waals surface area (Å²) in [7, 11) is 0. The van der Waals surface area contributed by atoms with Crippen molar-refractivity contribution in [3.8, 4) is 0 Å². The Morgan fingerprint density at radius 2 is 2.38 bits per heavy atom. The average Bonchev–Trinajstić information content (AvgIpc) is 2.74. The largest absolute Gasteiger partial charge is 0.398 e. The van der Waals surface area contributed by atoms with E-state index < -0.39 is 0 Å². The minimum absolute atomic E-state index is 0.403. The number of benzene rings is 1. The monoisotopic (exact) mass is 257 g/mol. The van der Waals surface area contributed by atoms with E-state index in [4.69, 9.17) is 22.1 Å². The van der Waals surface area contributed by atoms with E-state index >= 15 is 0 Å². The van der Waals surface area contributed by atoms with Gasteiger partial charge in [0.2, 0.25) is 0 Å². The number of ether oxygens (including phenoxy) is 1. The van der Waals surface area contributed by atoms with E-state index in [1.54, 1.807) is 11.8 Å². The van der Waals surface area contributed by atoms with Gasteiger partial charge in [0.15, 0.2) is 0 Å². The van der Waals surface area contributed by atoms with Crippen molar-refractivity contribution in [1.29, 1.82) is 0 Å². The highest BCUT2D eigenvalue weighted by Crippen LogP contribution is 2.31. The van der Waals surface area contributed by atoms with Gasteiger partial charge in [-0.15, -0.1) is 11.8 Å². The summed E-state index contributed by atoms with van der Waals surface area (Å²) in [6.07, 6.45) is 2.77. The second-order valence-electron chi connectivity index (χ2n) is 4.09. The molecular weight excluding hydrogens is 242 g/mol. The van der Waals surface area contributed by atoms with E-state index in [2.05, 4.69) is 6.92 Å². The predicted octanol–water partition coefficient (Wildman–Crippen LogP) is 3.50. The van der Waals surface area contributed by atoms with Gasteiger partial charge < -0.3 is 10.5 Å². The standard InChI is InChI=1S/C12H16ClNOS/c1-8-5-11(14)10(13)6-12(8)16-7-9-3-2-4-15-9/h5-6,9H,2-4,7,14H2,1H3. The number of nitrogens with two attached hydrogens (primary N) is 1. The number of hydrogen-bond donors (Lipinski definition) is 1. The van der Waals surface area contributed by atoms with Gasteiger partial charge >= 0.3 is 0 Å². The molecule has 1 aromatic rings. The summed E-state index contributed by atoms with van der Waals surface area (Å²) >= 11 is 7.81. The van der Waals surface area contributed by atoms with Crippen molar-refractivity contribution < 1.29 is 4.74 Å². The molecule has 2 N–H and O–H groups in total. The highest BCUT2D eigenvalue weighted by Gasteiger charge is 2.16. The molecule has 1 unspecified atom stereocenters. The summed E-state index contributed by atoms with van der Waals surface area (Å²) in [6, 6.07) is 3.88. The molecule has 2 rings (SSSR count). The Morgan fingerprint density at radius 1 is 1.56 bits per heavy atom. The molecule has 1 heterocycles. The number of halogens is 1. The Labute approximate surface area is 105 Å². The molecule has 0 saturated carbocycles. The maximum absolute atomic E-state index is 6.01. The van der Waals surface area contributed by atoms with Gasteiger partial charge in [-0.3, -0.25) is 0 Å². The van der Waals surface area contributed by atoms with Gasteiger partial charge in [0.05, 0.1) is 16.8 Å². The fraction of sp³-hybridized carbons (Fsp3) is 0.500. The lowest BCUT2D eigenvalue weighted by Crippen LogP contribution is -2.07. The zero-order valence-corrected chi connectivity index (χ0v) is 10.9. The normalized spacial score (nSPS) is 20.2. The number of aryl methyl sites for hydroxylation is 1. The van der Waals surface area contributed by atoms with Crippen molar-refractivity contribution in [3.63, 3.8) is 0 Å². The first-order valence-corrected chi connectivity index (χ1v) is 6.83. The summed E-state index contributed by atoms with van der Waals surface area (Å²) in [4.78, 5) is 1.20. The van der Waals surface area contributed by atoms with Crippen LogP contribution in [-0.2, 0) is 4.74 Å². The van der Waals surface area contributed by atoms with Crippen LogP contribution < -0.4 is 5.73 Å². The first kappa shape index (κ1) is 12.1. The zero-order chi connectivity index (χ0) is 11.5. The molecule has 1 aliphatic rings. The van der Waals surface area contributed by atoms with Gasteiger partial charge in [0.25, 0.3) is 0 Å². The first-order chi connectivity index (χ1) is 7.66. The molecule has 4 heteroatoms. The second kappa shape index (κ2) is 5.30. The number of rotatable bonds is 3. The number of nitrogen functional groups attached to an aromatic ring is 1. The van der Waals surface area contributed by atoms with Gasteiger partial charge in [-0.25, -0.2) is 0 Å². The molecule has 1 fully saturated rings. The Balaban J connectivity index is 2.00. The number of thioether (sulfide) groups is 1. The van der Waals surface area contributed by atoms with Gasteiger partial charge in [0.1, 0.15) is 0 Å². The third kappa shape index (κ3) is 2.84. The molecular formula is C12H16ClNOS. The quantitative estimate of drug-likeness (QED) is 0.665. The van der Waals surface area contributed by atoms with E-state index in [-0.39, 0.29) is 0 Å². The van der Waals surface area contributed by atoms with Crippen molar-refractivity contribution in [2.75, 3.05) is 18.1 Å². The molecule has 0 aromatic heterocycles. The fourth-order valence-corrected chi connectivity index (χ4v) is 3.14. The summed E-state index contributed by atoms with van der Waals surface area (Å²) < 4.78 is 5.59. The minimum Gasteiger partial charge on any atom is -0.398 e. The molecule has 0 radical (unpaired) electrons. The number of hydrogen-bond acceptors (Lipinski definition) is 3. The lowest BCUT2D eigenvalue weighted by molar-refractivity contribution is 0.129. The van der Waals surface area contributed by atoms with Crippen LogP contribution in [-0.4, -0.2) is 18.5 Å². The van der Waals surface area contributed by atoms with Gasteiger partial charge in [0, 0.05) is 17.3 Å². The SMILES string of the molecule is Cc1cc(N)c(Cl)cc1SCC1CCCO1. The van der Waals surface area contributed by atoms with Crippen LogP contribution in [0.15, 0.2) is 17.0 Å². The van der Waals surface area contributed by atoms with Crippen molar-refractivity contribution in [2.24, 2.45) is 0 Å². The first-order valence-electron chi connectivity index (χ1n) is 5.47. The Hall–Kier alpha value is -0.380. The predicted molar refractivity (Wildman–Crippen MR) is 70.3 cm³/mol.